The maximum Gasteiger partial charge on any atom is 0.194 e. The molecule has 0 saturated carbocycles. The van der Waals surface area contributed by atoms with Crippen LogP contribution in [0.3, 0.4) is 0 Å². The zero-order valence-electron chi connectivity index (χ0n) is 16.1. The van der Waals surface area contributed by atoms with Gasteiger partial charge in [-0.25, -0.2) is 0 Å². The van der Waals surface area contributed by atoms with E-state index in [2.05, 4.69) is 47.7 Å². The largest absolute Gasteiger partial charge is 0.372 e. The van der Waals surface area contributed by atoms with E-state index in [1.807, 2.05) is 13.0 Å². The highest BCUT2D eigenvalue weighted by molar-refractivity contribution is 5.83. The van der Waals surface area contributed by atoms with Crippen molar-refractivity contribution in [3.8, 4) is 0 Å². The smallest absolute Gasteiger partial charge is 0.194 e. The number of likely N-dealkylation sites (tertiary alicyclic amines) is 1. The maximum absolute atomic E-state index is 13.2. The van der Waals surface area contributed by atoms with E-state index in [-0.39, 0.29) is 5.43 Å². The first-order valence-electron chi connectivity index (χ1n) is 9.66. The monoisotopic (exact) mass is 341 g/mol. The van der Waals surface area contributed by atoms with Gasteiger partial charge in [-0.3, -0.25) is 9.69 Å². The summed E-state index contributed by atoms with van der Waals surface area (Å²) in [6.45, 7) is 13.5. The third-order valence-corrected chi connectivity index (χ3v) is 5.55. The van der Waals surface area contributed by atoms with Gasteiger partial charge >= 0.3 is 0 Å². The summed E-state index contributed by atoms with van der Waals surface area (Å²) in [6, 6.07) is 6.21. The maximum atomic E-state index is 13.2. The summed E-state index contributed by atoms with van der Waals surface area (Å²) in [4.78, 5) is 21.4. The molecule has 1 saturated heterocycles. The van der Waals surface area contributed by atoms with E-state index in [1.165, 1.54) is 12.8 Å². The van der Waals surface area contributed by atoms with Crippen molar-refractivity contribution in [2.45, 2.75) is 47.1 Å². The van der Waals surface area contributed by atoms with E-state index in [4.69, 9.17) is 0 Å². The van der Waals surface area contributed by atoms with E-state index < -0.39 is 0 Å². The molecule has 1 aromatic heterocycles. The zero-order valence-corrected chi connectivity index (χ0v) is 16.1. The average molecular weight is 341 g/mol. The van der Waals surface area contributed by atoms with Gasteiger partial charge in [0.2, 0.25) is 0 Å². The lowest BCUT2D eigenvalue weighted by molar-refractivity contribution is 0.176. The standard InChI is InChI=1S/C21H31N3O/c1-5-24(6-2)17-9-10-20-18(12-17)21(25)19(16(4)22-20)14-23-11-7-8-15(3)13-23/h9-10,12,15H,5-8,11,13-14H2,1-4H3,(H,22,25). The van der Waals surface area contributed by atoms with Gasteiger partial charge in [0, 0.05) is 54.0 Å². The minimum absolute atomic E-state index is 0.193. The third kappa shape index (κ3) is 3.74. The van der Waals surface area contributed by atoms with Crippen molar-refractivity contribution in [3.63, 3.8) is 0 Å². The number of nitrogens with one attached hydrogen (secondary N) is 1. The van der Waals surface area contributed by atoms with Crippen LogP contribution in [0.15, 0.2) is 23.0 Å². The van der Waals surface area contributed by atoms with Crippen molar-refractivity contribution in [3.05, 3.63) is 39.7 Å². The molecule has 2 heterocycles. The average Bonchev–Trinajstić information content (AvgIpc) is 2.60. The number of aromatic amines is 1. The predicted molar refractivity (Wildman–Crippen MR) is 107 cm³/mol. The van der Waals surface area contributed by atoms with Crippen molar-refractivity contribution in [1.29, 1.82) is 0 Å². The minimum atomic E-state index is 0.193. The van der Waals surface area contributed by atoms with Gasteiger partial charge in [-0.2, -0.15) is 0 Å². The highest BCUT2D eigenvalue weighted by atomic mass is 16.1. The molecule has 1 aliphatic heterocycles. The molecule has 1 aliphatic rings. The van der Waals surface area contributed by atoms with Crippen LogP contribution >= 0.6 is 0 Å². The van der Waals surface area contributed by atoms with E-state index >= 15 is 0 Å². The van der Waals surface area contributed by atoms with Crippen molar-refractivity contribution in [2.24, 2.45) is 5.92 Å². The van der Waals surface area contributed by atoms with Crippen LogP contribution in [0, 0.1) is 12.8 Å². The predicted octanol–water partition coefficient (Wildman–Crippen LogP) is 3.91. The summed E-state index contributed by atoms with van der Waals surface area (Å²) in [7, 11) is 0. The molecule has 0 spiro atoms. The Kier molecular flexibility index (Phi) is 5.48. The number of rotatable bonds is 5. The molecule has 1 unspecified atom stereocenters. The molecule has 1 aromatic carbocycles. The second-order valence-electron chi connectivity index (χ2n) is 7.44. The number of aryl methyl sites for hydroxylation is 1. The number of H-pyrrole nitrogens is 1. The Hall–Kier alpha value is -1.81. The lowest BCUT2D eigenvalue weighted by Gasteiger charge is -2.31. The molecule has 0 radical (unpaired) electrons. The van der Waals surface area contributed by atoms with Crippen LogP contribution in [0.25, 0.3) is 10.9 Å². The molecule has 1 N–H and O–H groups in total. The Morgan fingerprint density at radius 1 is 1.28 bits per heavy atom. The number of hydrogen-bond donors (Lipinski definition) is 1. The van der Waals surface area contributed by atoms with Crippen LogP contribution in [0.1, 0.15) is 44.9 Å². The molecule has 3 rings (SSSR count). The second-order valence-corrected chi connectivity index (χ2v) is 7.44. The molecule has 0 aliphatic carbocycles. The van der Waals surface area contributed by atoms with Gasteiger partial charge in [-0.1, -0.05) is 6.92 Å². The summed E-state index contributed by atoms with van der Waals surface area (Å²) in [5.74, 6) is 0.725. The normalized spacial score (nSPS) is 18.6. The Balaban J connectivity index is 1.99. The lowest BCUT2D eigenvalue weighted by Crippen LogP contribution is -2.35. The quantitative estimate of drug-likeness (QED) is 0.896. The highest BCUT2D eigenvalue weighted by Gasteiger charge is 2.19. The van der Waals surface area contributed by atoms with E-state index in [9.17, 15) is 4.79 Å². The molecule has 0 bridgehead atoms. The van der Waals surface area contributed by atoms with Crippen LogP contribution in [0.2, 0.25) is 0 Å². The van der Waals surface area contributed by atoms with Crippen molar-refractivity contribution in [1.82, 2.24) is 9.88 Å². The zero-order chi connectivity index (χ0) is 18.0. The third-order valence-electron chi connectivity index (χ3n) is 5.55. The van der Waals surface area contributed by atoms with E-state index in [0.29, 0.717) is 0 Å². The summed E-state index contributed by atoms with van der Waals surface area (Å²) in [6.07, 6.45) is 2.54. The molecule has 1 fully saturated rings. The Morgan fingerprint density at radius 3 is 2.72 bits per heavy atom. The molecule has 4 nitrogen and oxygen atoms in total. The Bertz CT molecular complexity index is 792. The van der Waals surface area contributed by atoms with Crippen LogP contribution in [0.4, 0.5) is 5.69 Å². The van der Waals surface area contributed by atoms with Crippen molar-refractivity contribution in [2.75, 3.05) is 31.1 Å². The number of nitrogens with zero attached hydrogens (tertiary/aromatic N) is 2. The van der Waals surface area contributed by atoms with Gasteiger partial charge in [-0.15, -0.1) is 0 Å². The number of anilines is 1. The van der Waals surface area contributed by atoms with Gasteiger partial charge < -0.3 is 9.88 Å². The summed E-state index contributed by atoms with van der Waals surface area (Å²) in [5, 5.41) is 0.815. The van der Waals surface area contributed by atoms with Gasteiger partial charge in [-0.05, 0) is 64.3 Å². The molecule has 25 heavy (non-hydrogen) atoms. The van der Waals surface area contributed by atoms with E-state index in [1.54, 1.807) is 0 Å². The topological polar surface area (TPSA) is 39.3 Å². The Labute approximate surface area is 150 Å². The number of fused-ring (bicyclic) bond motifs is 1. The molecule has 0 amide bonds. The van der Waals surface area contributed by atoms with Gasteiger partial charge in [0.15, 0.2) is 5.43 Å². The molecular formula is C21H31N3O. The highest BCUT2D eigenvalue weighted by Crippen LogP contribution is 2.22. The minimum Gasteiger partial charge on any atom is -0.372 e. The summed E-state index contributed by atoms with van der Waals surface area (Å²) < 4.78 is 0. The number of pyridine rings is 1. The first-order chi connectivity index (χ1) is 12.0. The summed E-state index contributed by atoms with van der Waals surface area (Å²) >= 11 is 0. The van der Waals surface area contributed by atoms with Crippen LogP contribution in [0.5, 0.6) is 0 Å². The molecule has 136 valence electrons. The van der Waals surface area contributed by atoms with E-state index in [0.717, 1.165) is 66.5 Å². The fourth-order valence-electron chi connectivity index (χ4n) is 4.07. The van der Waals surface area contributed by atoms with Crippen LogP contribution in [-0.2, 0) is 6.54 Å². The number of aromatic nitrogens is 1. The fourth-order valence-corrected chi connectivity index (χ4v) is 4.07. The number of hydrogen-bond acceptors (Lipinski definition) is 3. The van der Waals surface area contributed by atoms with Crippen molar-refractivity contribution < 1.29 is 0 Å². The first kappa shape index (κ1) is 18.0. The number of benzene rings is 1. The van der Waals surface area contributed by atoms with Gasteiger partial charge in [0.25, 0.3) is 0 Å². The lowest BCUT2D eigenvalue weighted by atomic mass is 9.99. The SMILES string of the molecule is CCN(CC)c1ccc2[nH]c(C)c(CN3CCCC(C)C3)c(=O)c2c1. The first-order valence-corrected chi connectivity index (χ1v) is 9.66. The molecular weight excluding hydrogens is 310 g/mol. The van der Waals surface area contributed by atoms with Crippen molar-refractivity contribution >= 4 is 16.6 Å². The summed E-state index contributed by atoms with van der Waals surface area (Å²) in [5.41, 5.74) is 4.20. The fraction of sp³-hybridized carbons (Fsp3) is 0.571. The van der Waals surface area contributed by atoms with Crippen LogP contribution in [-0.4, -0.2) is 36.1 Å². The number of piperidine rings is 1. The second kappa shape index (κ2) is 7.61. The van der Waals surface area contributed by atoms with Crippen LogP contribution < -0.4 is 10.3 Å². The van der Waals surface area contributed by atoms with Gasteiger partial charge in [0.1, 0.15) is 0 Å². The molecule has 4 heteroatoms. The molecule has 2 aromatic rings. The van der Waals surface area contributed by atoms with Gasteiger partial charge in [0.05, 0.1) is 0 Å². The molecule has 1 atom stereocenters. The Morgan fingerprint density at radius 2 is 2.04 bits per heavy atom.